The summed E-state index contributed by atoms with van der Waals surface area (Å²) in [6, 6.07) is 6.34. The second-order valence-corrected chi connectivity index (χ2v) is 3.53. The SMILES string of the molecule is Ic1ccc2c(c1)CC=N2. The Hall–Kier alpha value is -0.380. The Labute approximate surface area is 73.3 Å². The highest BCUT2D eigenvalue weighted by molar-refractivity contribution is 14.1. The van der Waals surface area contributed by atoms with Gasteiger partial charge >= 0.3 is 0 Å². The van der Waals surface area contributed by atoms with Gasteiger partial charge < -0.3 is 0 Å². The van der Waals surface area contributed by atoms with Crippen LogP contribution in [0.4, 0.5) is 5.69 Å². The summed E-state index contributed by atoms with van der Waals surface area (Å²) in [4.78, 5) is 4.21. The van der Waals surface area contributed by atoms with Crippen molar-refractivity contribution in [3.05, 3.63) is 27.3 Å². The Kier molecular flexibility index (Phi) is 1.48. The first-order chi connectivity index (χ1) is 4.86. The van der Waals surface area contributed by atoms with Crippen LogP contribution < -0.4 is 0 Å². The zero-order valence-electron chi connectivity index (χ0n) is 5.34. The predicted molar refractivity (Wildman–Crippen MR) is 51.0 cm³/mol. The molecule has 2 rings (SSSR count). The minimum Gasteiger partial charge on any atom is -0.261 e. The molecule has 1 aliphatic rings. The average Bonchev–Trinajstić information content (AvgIpc) is 2.33. The smallest absolute Gasteiger partial charge is 0.0662 e. The third-order valence-electron chi connectivity index (χ3n) is 1.58. The Bertz CT molecular complexity index is 291. The summed E-state index contributed by atoms with van der Waals surface area (Å²) in [7, 11) is 0. The van der Waals surface area contributed by atoms with Gasteiger partial charge in [0.2, 0.25) is 0 Å². The van der Waals surface area contributed by atoms with Gasteiger partial charge in [0.25, 0.3) is 0 Å². The van der Waals surface area contributed by atoms with Crippen molar-refractivity contribution < 1.29 is 0 Å². The maximum atomic E-state index is 4.21. The zero-order chi connectivity index (χ0) is 6.97. The molecule has 0 atom stereocenters. The lowest BCUT2D eigenvalue weighted by Gasteiger charge is -1.95. The zero-order valence-corrected chi connectivity index (χ0v) is 7.50. The first kappa shape index (κ1) is 6.34. The van der Waals surface area contributed by atoms with E-state index in [0.29, 0.717) is 0 Å². The Morgan fingerprint density at radius 1 is 1.40 bits per heavy atom. The van der Waals surface area contributed by atoms with Gasteiger partial charge in [0, 0.05) is 16.2 Å². The van der Waals surface area contributed by atoms with Crippen LogP contribution >= 0.6 is 22.6 Å². The lowest BCUT2D eigenvalue weighted by Crippen LogP contribution is -1.79. The fourth-order valence-electron chi connectivity index (χ4n) is 1.09. The highest BCUT2D eigenvalue weighted by atomic mass is 127. The molecule has 0 saturated carbocycles. The monoisotopic (exact) mass is 243 g/mol. The molecule has 1 nitrogen and oxygen atoms in total. The molecule has 0 N–H and O–H groups in total. The van der Waals surface area contributed by atoms with Crippen LogP contribution in [0.1, 0.15) is 5.56 Å². The van der Waals surface area contributed by atoms with Crippen LogP contribution in [0.2, 0.25) is 0 Å². The quantitative estimate of drug-likeness (QED) is 0.621. The summed E-state index contributed by atoms with van der Waals surface area (Å²) in [5, 5.41) is 0. The molecule has 0 radical (unpaired) electrons. The van der Waals surface area contributed by atoms with E-state index in [4.69, 9.17) is 0 Å². The van der Waals surface area contributed by atoms with Crippen LogP contribution in [0.15, 0.2) is 23.2 Å². The molecule has 2 heteroatoms. The Morgan fingerprint density at radius 2 is 2.30 bits per heavy atom. The van der Waals surface area contributed by atoms with Gasteiger partial charge in [-0.1, -0.05) is 0 Å². The molecular formula is C8H6IN. The van der Waals surface area contributed by atoms with E-state index in [1.807, 2.05) is 6.21 Å². The van der Waals surface area contributed by atoms with Crippen LogP contribution in [0.5, 0.6) is 0 Å². The van der Waals surface area contributed by atoms with Gasteiger partial charge in [0.1, 0.15) is 0 Å². The van der Waals surface area contributed by atoms with Crippen molar-refractivity contribution in [2.45, 2.75) is 6.42 Å². The van der Waals surface area contributed by atoms with E-state index in [2.05, 4.69) is 45.8 Å². The predicted octanol–water partition coefficient (Wildman–Crippen LogP) is 2.55. The van der Waals surface area contributed by atoms with Crippen LogP contribution in [0.3, 0.4) is 0 Å². The second kappa shape index (κ2) is 2.34. The fourth-order valence-corrected chi connectivity index (χ4v) is 1.64. The summed E-state index contributed by atoms with van der Waals surface area (Å²) in [6.45, 7) is 0. The Balaban J connectivity index is 2.59. The van der Waals surface area contributed by atoms with Gasteiger partial charge in [-0.2, -0.15) is 0 Å². The first-order valence-electron chi connectivity index (χ1n) is 3.17. The number of nitrogens with zero attached hydrogens (tertiary/aromatic N) is 1. The number of aliphatic imine (C=N–C) groups is 1. The molecule has 0 saturated heterocycles. The maximum absolute atomic E-state index is 4.21. The third kappa shape index (κ3) is 0.963. The molecule has 0 fully saturated rings. The standard InChI is InChI=1S/C8H6IN/c9-7-1-2-8-6(5-7)3-4-10-8/h1-2,4-5H,3H2. The normalized spacial score (nSPS) is 13.7. The summed E-state index contributed by atoms with van der Waals surface area (Å²) >= 11 is 2.32. The third-order valence-corrected chi connectivity index (χ3v) is 2.25. The van der Waals surface area contributed by atoms with Gasteiger partial charge in [0.05, 0.1) is 5.69 Å². The van der Waals surface area contributed by atoms with Gasteiger partial charge in [0.15, 0.2) is 0 Å². The van der Waals surface area contributed by atoms with Gasteiger partial charge in [-0.15, -0.1) is 0 Å². The maximum Gasteiger partial charge on any atom is 0.0662 e. The minimum atomic E-state index is 1.01. The lowest BCUT2D eigenvalue weighted by atomic mass is 10.2. The molecule has 0 unspecified atom stereocenters. The molecule has 0 aliphatic carbocycles. The molecule has 0 spiro atoms. The van der Waals surface area contributed by atoms with E-state index in [1.165, 1.54) is 9.13 Å². The topological polar surface area (TPSA) is 12.4 Å². The van der Waals surface area contributed by atoms with Crippen molar-refractivity contribution in [1.29, 1.82) is 0 Å². The highest BCUT2D eigenvalue weighted by Gasteiger charge is 2.04. The van der Waals surface area contributed by atoms with Crippen molar-refractivity contribution in [2.75, 3.05) is 0 Å². The van der Waals surface area contributed by atoms with Crippen LogP contribution in [0, 0.1) is 3.57 Å². The van der Waals surface area contributed by atoms with E-state index < -0.39 is 0 Å². The molecule has 10 heavy (non-hydrogen) atoms. The number of benzene rings is 1. The van der Waals surface area contributed by atoms with Crippen molar-refractivity contribution >= 4 is 34.5 Å². The van der Waals surface area contributed by atoms with Crippen molar-refractivity contribution in [3.8, 4) is 0 Å². The van der Waals surface area contributed by atoms with Crippen LogP contribution in [-0.4, -0.2) is 6.21 Å². The number of hydrogen-bond donors (Lipinski definition) is 0. The largest absolute Gasteiger partial charge is 0.261 e. The second-order valence-electron chi connectivity index (χ2n) is 2.29. The first-order valence-corrected chi connectivity index (χ1v) is 4.25. The van der Waals surface area contributed by atoms with E-state index in [0.717, 1.165) is 12.1 Å². The van der Waals surface area contributed by atoms with E-state index >= 15 is 0 Å². The minimum absolute atomic E-state index is 1.01. The molecule has 1 aromatic carbocycles. The van der Waals surface area contributed by atoms with Crippen LogP contribution in [-0.2, 0) is 6.42 Å². The number of halogens is 1. The Morgan fingerprint density at radius 3 is 3.20 bits per heavy atom. The number of fused-ring (bicyclic) bond motifs is 1. The summed E-state index contributed by atoms with van der Waals surface area (Å²) in [6.07, 6.45) is 2.97. The summed E-state index contributed by atoms with van der Waals surface area (Å²) < 4.78 is 1.29. The average molecular weight is 243 g/mol. The molecule has 0 aromatic heterocycles. The van der Waals surface area contributed by atoms with E-state index in [1.54, 1.807) is 0 Å². The fraction of sp³-hybridized carbons (Fsp3) is 0.125. The van der Waals surface area contributed by atoms with Gasteiger partial charge in [-0.25, -0.2) is 0 Å². The summed E-state index contributed by atoms with van der Waals surface area (Å²) in [5.74, 6) is 0. The molecule has 1 heterocycles. The number of rotatable bonds is 0. The molecule has 0 amide bonds. The molecule has 50 valence electrons. The van der Waals surface area contributed by atoms with E-state index in [-0.39, 0.29) is 0 Å². The van der Waals surface area contributed by atoms with Crippen molar-refractivity contribution in [3.63, 3.8) is 0 Å². The molecule has 1 aliphatic heterocycles. The van der Waals surface area contributed by atoms with E-state index in [9.17, 15) is 0 Å². The van der Waals surface area contributed by atoms with Crippen molar-refractivity contribution in [1.82, 2.24) is 0 Å². The highest BCUT2D eigenvalue weighted by Crippen LogP contribution is 2.25. The number of hydrogen-bond acceptors (Lipinski definition) is 1. The molecule has 1 aromatic rings. The van der Waals surface area contributed by atoms with Gasteiger partial charge in [-0.05, 0) is 46.4 Å². The van der Waals surface area contributed by atoms with Crippen molar-refractivity contribution in [2.24, 2.45) is 4.99 Å². The lowest BCUT2D eigenvalue weighted by molar-refractivity contribution is 1.40. The summed E-state index contributed by atoms with van der Waals surface area (Å²) in [5.41, 5.74) is 2.49. The molecule has 0 bridgehead atoms. The molecular weight excluding hydrogens is 237 g/mol. The van der Waals surface area contributed by atoms with Crippen LogP contribution in [0.25, 0.3) is 0 Å². The van der Waals surface area contributed by atoms with Gasteiger partial charge in [-0.3, -0.25) is 4.99 Å².